The third-order valence-corrected chi connectivity index (χ3v) is 6.43. The molecular formula is C22H25N3O4. The van der Waals surface area contributed by atoms with Gasteiger partial charge in [0, 0.05) is 5.39 Å². The lowest BCUT2D eigenvalue weighted by atomic mass is 9.73. The maximum Gasteiger partial charge on any atom is 0.340 e. The number of hydrogen-bond donors (Lipinski definition) is 1. The molecule has 2 atom stereocenters. The number of amides is 3. The monoisotopic (exact) mass is 395 g/mol. The fourth-order valence-corrected chi connectivity index (χ4v) is 4.72. The van der Waals surface area contributed by atoms with Crippen LogP contribution < -0.4 is 5.32 Å². The van der Waals surface area contributed by atoms with Gasteiger partial charge in [-0.25, -0.2) is 14.6 Å². The fourth-order valence-electron chi connectivity index (χ4n) is 4.72. The van der Waals surface area contributed by atoms with E-state index in [1.54, 1.807) is 0 Å². The number of pyridine rings is 1. The van der Waals surface area contributed by atoms with E-state index in [4.69, 9.17) is 4.74 Å². The first kappa shape index (κ1) is 19.4. The second kappa shape index (κ2) is 7.13. The first-order chi connectivity index (χ1) is 13.9. The number of hydrogen-bond acceptors (Lipinski definition) is 5. The van der Waals surface area contributed by atoms with Crippen LogP contribution in [0.4, 0.5) is 4.79 Å². The lowest BCUT2D eigenvalue weighted by Gasteiger charge is -2.36. The third-order valence-electron chi connectivity index (χ3n) is 6.43. The van der Waals surface area contributed by atoms with E-state index in [0.29, 0.717) is 23.2 Å². The zero-order valence-electron chi connectivity index (χ0n) is 16.9. The minimum atomic E-state index is -0.841. The number of imide groups is 1. The number of aryl methyl sites for hydroxylation is 1. The van der Waals surface area contributed by atoms with Gasteiger partial charge in [0.25, 0.3) is 5.91 Å². The summed E-state index contributed by atoms with van der Waals surface area (Å²) in [5.74, 6) is -0.675. The summed E-state index contributed by atoms with van der Waals surface area (Å²) in [7, 11) is 1.31. The maximum absolute atomic E-state index is 13.3. The van der Waals surface area contributed by atoms with Crippen LogP contribution in [0.15, 0.2) is 24.3 Å². The Kier molecular flexibility index (Phi) is 4.76. The molecule has 1 aromatic heterocycles. The van der Waals surface area contributed by atoms with Crippen molar-refractivity contribution in [3.63, 3.8) is 0 Å². The summed E-state index contributed by atoms with van der Waals surface area (Å²) < 4.78 is 4.97. The highest BCUT2D eigenvalue weighted by molar-refractivity contribution is 6.07. The van der Waals surface area contributed by atoms with Gasteiger partial charge in [-0.15, -0.1) is 0 Å². The molecule has 1 aliphatic heterocycles. The minimum Gasteiger partial charge on any atom is -0.465 e. The van der Waals surface area contributed by atoms with Crippen molar-refractivity contribution >= 4 is 28.8 Å². The van der Waals surface area contributed by atoms with Crippen molar-refractivity contribution in [2.75, 3.05) is 7.11 Å². The van der Waals surface area contributed by atoms with Crippen molar-refractivity contribution in [3.8, 4) is 0 Å². The first-order valence-corrected chi connectivity index (χ1v) is 9.99. The Morgan fingerprint density at radius 1 is 1.31 bits per heavy atom. The predicted octanol–water partition coefficient (Wildman–Crippen LogP) is 3.33. The quantitative estimate of drug-likeness (QED) is 0.636. The van der Waals surface area contributed by atoms with Crippen LogP contribution in [0.2, 0.25) is 0 Å². The van der Waals surface area contributed by atoms with Gasteiger partial charge in [-0.05, 0) is 37.3 Å². The van der Waals surface area contributed by atoms with Gasteiger partial charge in [0.1, 0.15) is 5.54 Å². The predicted molar refractivity (Wildman–Crippen MR) is 107 cm³/mol. The summed E-state index contributed by atoms with van der Waals surface area (Å²) >= 11 is 0. The number of methoxy groups -OCH3 is 1. The second-order valence-electron chi connectivity index (χ2n) is 8.01. The molecule has 1 saturated carbocycles. The number of benzene rings is 1. The summed E-state index contributed by atoms with van der Waals surface area (Å²) in [6.07, 6.45) is 3.51. The van der Waals surface area contributed by atoms with E-state index in [0.717, 1.165) is 30.2 Å². The standard InChI is InChI=1S/C22H25N3O4/c1-13-8-6-7-11-22(13)20(27)25(21(28)24-22)12-17-18(19(26)29-3)14(2)15-9-4-5-10-16(15)23-17/h4-5,9-10,13H,6-8,11-12H2,1-3H3,(H,24,28)/t13-,22-/m1/s1. The van der Waals surface area contributed by atoms with Crippen LogP contribution in [0, 0.1) is 12.8 Å². The minimum absolute atomic E-state index is 0.0603. The van der Waals surface area contributed by atoms with Crippen LogP contribution in [-0.2, 0) is 16.1 Å². The summed E-state index contributed by atoms with van der Waals surface area (Å²) in [4.78, 5) is 44.4. The van der Waals surface area contributed by atoms with Gasteiger partial charge < -0.3 is 10.1 Å². The number of carbonyl (C=O) groups excluding carboxylic acids is 3. The molecule has 4 rings (SSSR count). The number of nitrogens with zero attached hydrogens (tertiary/aromatic N) is 2. The molecule has 0 bridgehead atoms. The van der Waals surface area contributed by atoms with Crippen molar-refractivity contribution in [2.24, 2.45) is 5.92 Å². The molecule has 1 saturated heterocycles. The molecule has 152 valence electrons. The van der Waals surface area contributed by atoms with Crippen molar-refractivity contribution in [1.82, 2.24) is 15.2 Å². The number of fused-ring (bicyclic) bond motifs is 1. The molecule has 2 aliphatic rings. The summed E-state index contributed by atoms with van der Waals surface area (Å²) in [5, 5.41) is 3.79. The SMILES string of the molecule is COC(=O)c1c(CN2C(=O)N[C@@]3(CCCC[C@H]3C)C2=O)nc2ccccc2c1C. The molecule has 1 aliphatic carbocycles. The Morgan fingerprint density at radius 3 is 2.79 bits per heavy atom. The normalized spacial score (nSPS) is 24.2. The van der Waals surface area contributed by atoms with Gasteiger partial charge in [-0.1, -0.05) is 38.0 Å². The molecule has 3 amide bonds. The van der Waals surface area contributed by atoms with Crippen LogP contribution >= 0.6 is 0 Å². The van der Waals surface area contributed by atoms with Crippen LogP contribution in [-0.4, -0.2) is 40.4 Å². The van der Waals surface area contributed by atoms with Crippen LogP contribution in [0.3, 0.4) is 0 Å². The largest absolute Gasteiger partial charge is 0.465 e. The second-order valence-corrected chi connectivity index (χ2v) is 8.01. The molecule has 29 heavy (non-hydrogen) atoms. The van der Waals surface area contributed by atoms with E-state index in [2.05, 4.69) is 10.3 Å². The molecule has 7 heteroatoms. The summed E-state index contributed by atoms with van der Waals surface area (Å²) in [6, 6.07) is 7.06. The lowest BCUT2D eigenvalue weighted by molar-refractivity contribution is -0.134. The van der Waals surface area contributed by atoms with Crippen molar-refractivity contribution in [1.29, 1.82) is 0 Å². The number of aromatic nitrogens is 1. The fraction of sp³-hybridized carbons (Fsp3) is 0.455. The van der Waals surface area contributed by atoms with Crippen LogP contribution in [0.1, 0.15) is 54.2 Å². The van der Waals surface area contributed by atoms with Crippen molar-refractivity contribution in [3.05, 3.63) is 41.1 Å². The van der Waals surface area contributed by atoms with Crippen molar-refractivity contribution < 1.29 is 19.1 Å². The smallest absolute Gasteiger partial charge is 0.340 e. The Labute approximate surface area is 169 Å². The average Bonchev–Trinajstić information content (AvgIpc) is 2.95. The van der Waals surface area contributed by atoms with E-state index < -0.39 is 17.5 Å². The van der Waals surface area contributed by atoms with Crippen LogP contribution in [0.5, 0.6) is 0 Å². The number of nitrogens with one attached hydrogen (secondary N) is 1. The Hall–Kier alpha value is -2.96. The van der Waals surface area contributed by atoms with Gasteiger partial charge in [-0.2, -0.15) is 0 Å². The number of urea groups is 1. The summed E-state index contributed by atoms with van der Waals surface area (Å²) in [6.45, 7) is 3.78. The van der Waals surface area contributed by atoms with E-state index in [-0.39, 0.29) is 18.4 Å². The van der Waals surface area contributed by atoms with E-state index >= 15 is 0 Å². The van der Waals surface area contributed by atoms with E-state index in [1.165, 1.54) is 12.0 Å². The van der Waals surface area contributed by atoms with E-state index in [9.17, 15) is 14.4 Å². The van der Waals surface area contributed by atoms with Gasteiger partial charge in [0.2, 0.25) is 0 Å². The number of ether oxygens (including phenoxy) is 1. The highest BCUT2D eigenvalue weighted by atomic mass is 16.5. The molecule has 2 aromatic rings. The van der Waals surface area contributed by atoms with Crippen molar-refractivity contribution in [2.45, 2.75) is 51.6 Å². The maximum atomic E-state index is 13.3. The number of carbonyl (C=O) groups is 3. The van der Waals surface area contributed by atoms with Gasteiger partial charge in [0.15, 0.2) is 0 Å². The zero-order valence-corrected chi connectivity index (χ0v) is 16.9. The highest BCUT2D eigenvalue weighted by Crippen LogP contribution is 2.39. The number of esters is 1. The third kappa shape index (κ3) is 2.96. The average molecular weight is 395 g/mol. The molecular weight excluding hydrogens is 370 g/mol. The highest BCUT2D eigenvalue weighted by Gasteiger charge is 2.55. The molecule has 0 unspecified atom stereocenters. The Bertz CT molecular complexity index is 1020. The van der Waals surface area contributed by atoms with Crippen LogP contribution in [0.25, 0.3) is 10.9 Å². The molecule has 1 spiro atoms. The lowest BCUT2D eigenvalue weighted by Crippen LogP contribution is -2.53. The molecule has 7 nitrogen and oxygen atoms in total. The molecule has 2 fully saturated rings. The number of para-hydroxylation sites is 1. The zero-order chi connectivity index (χ0) is 20.8. The molecule has 0 radical (unpaired) electrons. The Balaban J connectivity index is 1.77. The van der Waals surface area contributed by atoms with Gasteiger partial charge in [-0.3, -0.25) is 9.69 Å². The number of rotatable bonds is 3. The Morgan fingerprint density at radius 2 is 2.07 bits per heavy atom. The summed E-state index contributed by atoms with van der Waals surface area (Å²) in [5.41, 5.74) is 1.28. The van der Waals surface area contributed by atoms with Gasteiger partial charge >= 0.3 is 12.0 Å². The van der Waals surface area contributed by atoms with Gasteiger partial charge in [0.05, 0.1) is 30.4 Å². The molecule has 1 aromatic carbocycles. The molecule has 1 N–H and O–H groups in total. The first-order valence-electron chi connectivity index (χ1n) is 9.99. The molecule has 2 heterocycles. The van der Waals surface area contributed by atoms with E-state index in [1.807, 2.05) is 38.1 Å². The topological polar surface area (TPSA) is 88.6 Å².